The Bertz CT molecular complexity index is 349. The maximum Gasteiger partial charge on any atom is 0.224 e. The third-order valence-electron chi connectivity index (χ3n) is 3.02. The van der Waals surface area contributed by atoms with Crippen LogP contribution in [0.5, 0.6) is 0 Å². The first-order valence-corrected chi connectivity index (χ1v) is 5.79. The summed E-state index contributed by atoms with van der Waals surface area (Å²) in [5.41, 5.74) is 0. The largest absolute Gasteiger partial charge is 0.388 e. The van der Waals surface area contributed by atoms with Crippen molar-refractivity contribution in [2.24, 2.45) is 0 Å². The number of terminal acetylenes is 1. The second-order valence-electron chi connectivity index (χ2n) is 4.91. The van der Waals surface area contributed by atoms with E-state index in [-0.39, 0.29) is 19.8 Å². The summed E-state index contributed by atoms with van der Waals surface area (Å²) in [5, 5.41) is 19.6. The minimum atomic E-state index is -1.22. The molecule has 0 aromatic carbocycles. The van der Waals surface area contributed by atoms with Gasteiger partial charge in [-0.15, -0.1) is 6.42 Å². The highest BCUT2D eigenvalue weighted by Crippen LogP contribution is 2.39. The molecule has 2 aliphatic heterocycles. The first kappa shape index (κ1) is 13.7. The first-order valence-electron chi connectivity index (χ1n) is 5.79. The normalized spacial score (nSPS) is 42.9. The molecule has 2 fully saturated rings. The van der Waals surface area contributed by atoms with E-state index in [0.717, 1.165) is 0 Å². The third-order valence-corrected chi connectivity index (χ3v) is 3.02. The molecule has 102 valence electrons. The van der Waals surface area contributed by atoms with Crippen LogP contribution in [0, 0.1) is 12.3 Å². The van der Waals surface area contributed by atoms with Crippen LogP contribution in [0.25, 0.3) is 0 Å². The van der Waals surface area contributed by atoms with E-state index >= 15 is 0 Å². The van der Waals surface area contributed by atoms with Crippen molar-refractivity contribution in [3.8, 4) is 12.3 Å². The monoisotopic (exact) mass is 258 g/mol. The SMILES string of the molecule is C#CCO[C@H]1[C@H](O)[C@H](O)CO[C@]12COC(C)(C)O2. The van der Waals surface area contributed by atoms with Crippen molar-refractivity contribution in [2.75, 3.05) is 19.8 Å². The van der Waals surface area contributed by atoms with Gasteiger partial charge < -0.3 is 29.2 Å². The van der Waals surface area contributed by atoms with Crippen molar-refractivity contribution in [2.45, 2.75) is 43.7 Å². The molecular weight excluding hydrogens is 240 g/mol. The molecule has 2 aliphatic rings. The molecule has 0 radical (unpaired) electrons. The molecular formula is C12H18O6. The summed E-state index contributed by atoms with van der Waals surface area (Å²) in [5.74, 6) is 0.254. The topological polar surface area (TPSA) is 77.4 Å². The molecule has 2 N–H and O–H groups in total. The van der Waals surface area contributed by atoms with Crippen LogP contribution < -0.4 is 0 Å². The van der Waals surface area contributed by atoms with Gasteiger partial charge in [-0.2, -0.15) is 0 Å². The van der Waals surface area contributed by atoms with Crippen LogP contribution in [0.3, 0.4) is 0 Å². The molecule has 0 bridgehead atoms. The molecule has 4 atom stereocenters. The minimum absolute atomic E-state index is 0.0106. The van der Waals surface area contributed by atoms with Gasteiger partial charge >= 0.3 is 0 Å². The van der Waals surface area contributed by atoms with Gasteiger partial charge in [-0.3, -0.25) is 0 Å². The smallest absolute Gasteiger partial charge is 0.224 e. The van der Waals surface area contributed by atoms with E-state index in [4.69, 9.17) is 25.4 Å². The van der Waals surface area contributed by atoms with Gasteiger partial charge in [0.2, 0.25) is 5.79 Å². The van der Waals surface area contributed by atoms with Crippen LogP contribution in [-0.4, -0.2) is 59.9 Å². The lowest BCUT2D eigenvalue weighted by Crippen LogP contribution is -2.63. The van der Waals surface area contributed by atoms with Crippen LogP contribution in [0.15, 0.2) is 0 Å². The van der Waals surface area contributed by atoms with Crippen molar-refractivity contribution < 1.29 is 29.2 Å². The number of aliphatic hydroxyl groups excluding tert-OH is 2. The van der Waals surface area contributed by atoms with Crippen molar-refractivity contribution in [1.82, 2.24) is 0 Å². The Balaban J connectivity index is 2.19. The van der Waals surface area contributed by atoms with Crippen molar-refractivity contribution >= 4 is 0 Å². The lowest BCUT2D eigenvalue weighted by atomic mass is 9.97. The highest BCUT2D eigenvalue weighted by atomic mass is 16.8. The molecule has 2 saturated heterocycles. The fraction of sp³-hybridized carbons (Fsp3) is 0.833. The lowest BCUT2D eigenvalue weighted by Gasteiger charge is -2.43. The second-order valence-corrected chi connectivity index (χ2v) is 4.91. The summed E-state index contributed by atoms with van der Waals surface area (Å²) in [6.45, 7) is 3.53. The Kier molecular flexibility index (Phi) is 3.65. The van der Waals surface area contributed by atoms with E-state index < -0.39 is 29.9 Å². The summed E-state index contributed by atoms with van der Waals surface area (Å²) in [6.07, 6.45) is 2.07. The highest BCUT2D eigenvalue weighted by Gasteiger charge is 2.58. The van der Waals surface area contributed by atoms with Crippen molar-refractivity contribution in [1.29, 1.82) is 0 Å². The molecule has 2 heterocycles. The maximum absolute atomic E-state index is 10.0. The zero-order valence-corrected chi connectivity index (χ0v) is 10.5. The second kappa shape index (κ2) is 4.78. The Labute approximate surface area is 106 Å². The Morgan fingerprint density at radius 1 is 1.39 bits per heavy atom. The van der Waals surface area contributed by atoms with Crippen LogP contribution in [0.4, 0.5) is 0 Å². The fourth-order valence-corrected chi connectivity index (χ4v) is 2.19. The molecule has 0 saturated carbocycles. The van der Waals surface area contributed by atoms with Gasteiger partial charge in [0.05, 0.1) is 6.61 Å². The highest BCUT2D eigenvalue weighted by molar-refractivity contribution is 4.98. The zero-order valence-electron chi connectivity index (χ0n) is 10.5. The molecule has 0 aliphatic carbocycles. The quantitative estimate of drug-likeness (QED) is 0.634. The van der Waals surface area contributed by atoms with E-state index in [1.807, 2.05) is 0 Å². The molecule has 0 aromatic rings. The summed E-state index contributed by atoms with van der Waals surface area (Å²) >= 11 is 0. The fourth-order valence-electron chi connectivity index (χ4n) is 2.19. The van der Waals surface area contributed by atoms with E-state index in [0.29, 0.717) is 0 Å². The predicted molar refractivity (Wildman–Crippen MR) is 60.4 cm³/mol. The van der Waals surface area contributed by atoms with Gasteiger partial charge in [0, 0.05) is 0 Å². The third kappa shape index (κ3) is 2.38. The van der Waals surface area contributed by atoms with E-state index in [9.17, 15) is 10.2 Å². The Morgan fingerprint density at radius 3 is 2.67 bits per heavy atom. The van der Waals surface area contributed by atoms with E-state index in [2.05, 4.69) is 5.92 Å². The summed E-state index contributed by atoms with van der Waals surface area (Å²) in [6, 6.07) is 0. The Hall–Kier alpha value is -0.680. The van der Waals surface area contributed by atoms with Crippen molar-refractivity contribution in [3.05, 3.63) is 0 Å². The summed E-state index contributed by atoms with van der Waals surface area (Å²) in [4.78, 5) is 0. The summed E-state index contributed by atoms with van der Waals surface area (Å²) < 4.78 is 22.0. The van der Waals surface area contributed by atoms with E-state index in [1.54, 1.807) is 13.8 Å². The van der Waals surface area contributed by atoms with Crippen molar-refractivity contribution in [3.63, 3.8) is 0 Å². The van der Waals surface area contributed by atoms with Crippen LogP contribution in [0.1, 0.15) is 13.8 Å². The number of rotatable bonds is 2. The summed E-state index contributed by atoms with van der Waals surface area (Å²) in [7, 11) is 0. The number of aliphatic hydroxyl groups is 2. The number of ether oxygens (including phenoxy) is 4. The van der Waals surface area contributed by atoms with Gasteiger partial charge in [0.1, 0.15) is 31.5 Å². The Morgan fingerprint density at radius 2 is 2.11 bits per heavy atom. The van der Waals surface area contributed by atoms with Crippen LogP contribution >= 0.6 is 0 Å². The number of hydrogen-bond donors (Lipinski definition) is 2. The standard InChI is InChI=1S/C12H18O6/c1-4-5-15-10-9(14)8(13)6-16-12(10)7-17-11(2,3)18-12/h1,8-10,13-14H,5-7H2,2-3H3/t8-,9-,10+,12+/m1/s1. The van der Waals surface area contributed by atoms with Gasteiger partial charge in [-0.25, -0.2) is 0 Å². The zero-order chi connectivity index (χ0) is 13.4. The maximum atomic E-state index is 10.0. The molecule has 2 rings (SSSR count). The average Bonchev–Trinajstić information content (AvgIpc) is 2.61. The molecule has 6 heteroatoms. The van der Waals surface area contributed by atoms with Gasteiger partial charge in [0.25, 0.3) is 0 Å². The first-order chi connectivity index (χ1) is 8.40. The molecule has 0 amide bonds. The molecule has 1 spiro atoms. The predicted octanol–water partition coefficient (Wildman–Crippen LogP) is -0.764. The molecule has 6 nitrogen and oxygen atoms in total. The molecule has 0 aromatic heterocycles. The lowest BCUT2D eigenvalue weighted by molar-refractivity contribution is -0.343. The number of hydrogen-bond acceptors (Lipinski definition) is 6. The minimum Gasteiger partial charge on any atom is -0.388 e. The molecule has 0 unspecified atom stereocenters. The van der Waals surface area contributed by atoms with E-state index in [1.165, 1.54) is 0 Å². The average molecular weight is 258 g/mol. The van der Waals surface area contributed by atoms with Gasteiger partial charge in [-0.05, 0) is 13.8 Å². The molecule has 18 heavy (non-hydrogen) atoms. The van der Waals surface area contributed by atoms with Crippen LogP contribution in [-0.2, 0) is 18.9 Å². The van der Waals surface area contributed by atoms with Crippen LogP contribution in [0.2, 0.25) is 0 Å². The van der Waals surface area contributed by atoms with Gasteiger partial charge in [-0.1, -0.05) is 5.92 Å². The van der Waals surface area contributed by atoms with Gasteiger partial charge in [0.15, 0.2) is 5.79 Å².